The second-order valence-electron chi connectivity index (χ2n) is 6.43. The van der Waals surface area contributed by atoms with Crippen LogP contribution in [0.15, 0.2) is 42.6 Å². The van der Waals surface area contributed by atoms with Crippen LogP contribution in [0.25, 0.3) is 16.9 Å². The number of hydrogen-bond acceptors (Lipinski definition) is 5. The van der Waals surface area contributed by atoms with Crippen molar-refractivity contribution >= 4 is 11.5 Å². The van der Waals surface area contributed by atoms with Gasteiger partial charge in [-0.2, -0.15) is 0 Å². The fourth-order valence-electron chi connectivity index (χ4n) is 2.81. The molecule has 1 aromatic carbocycles. The number of benzene rings is 1. The monoisotopic (exact) mass is 352 g/mol. The predicted molar refractivity (Wildman–Crippen MR) is 107 cm³/mol. The number of hydrogen-bond donors (Lipinski definition) is 3. The number of fused-ring (bicyclic) bond motifs is 1. The Balaban J connectivity index is 1.73. The van der Waals surface area contributed by atoms with Crippen LogP contribution < -0.4 is 16.4 Å². The van der Waals surface area contributed by atoms with Crippen molar-refractivity contribution in [3.8, 4) is 11.3 Å². The molecule has 0 radical (unpaired) electrons. The molecule has 6 heteroatoms. The van der Waals surface area contributed by atoms with E-state index in [1.165, 1.54) is 12.0 Å². The molecule has 0 unspecified atom stereocenters. The molecule has 3 rings (SSSR count). The van der Waals surface area contributed by atoms with Crippen molar-refractivity contribution in [3.05, 3.63) is 48.2 Å². The number of rotatable bonds is 10. The standard InChI is InChI=1S/C20H28N6/c1-2-3-13-23-19-9-10-20-24-15-18(26(20)25-19)17-7-5-16(6-8-17)14-22-12-4-11-21/h5-10,15,22H,2-4,11-14,21H2,1H3,(H,23,25). The summed E-state index contributed by atoms with van der Waals surface area (Å²) in [6.45, 7) is 5.65. The Hall–Kier alpha value is -2.44. The number of nitrogens with one attached hydrogen (secondary N) is 2. The highest BCUT2D eigenvalue weighted by atomic mass is 15.3. The number of anilines is 1. The number of aromatic nitrogens is 3. The SMILES string of the molecule is CCCCNc1ccc2ncc(-c3ccc(CNCCCN)cc3)n2n1. The topological polar surface area (TPSA) is 80.3 Å². The minimum atomic E-state index is 0.725. The molecule has 0 saturated carbocycles. The van der Waals surface area contributed by atoms with E-state index in [0.717, 1.165) is 61.7 Å². The summed E-state index contributed by atoms with van der Waals surface area (Å²) in [5.41, 5.74) is 9.74. The average molecular weight is 352 g/mol. The van der Waals surface area contributed by atoms with Crippen molar-refractivity contribution in [1.29, 1.82) is 0 Å². The molecule has 0 aliphatic heterocycles. The third-order valence-electron chi connectivity index (χ3n) is 4.34. The van der Waals surface area contributed by atoms with Gasteiger partial charge in [0.05, 0.1) is 11.9 Å². The van der Waals surface area contributed by atoms with E-state index in [9.17, 15) is 0 Å². The maximum absolute atomic E-state index is 5.51. The van der Waals surface area contributed by atoms with Gasteiger partial charge in [0, 0.05) is 18.7 Å². The lowest BCUT2D eigenvalue weighted by Crippen LogP contribution is -2.17. The summed E-state index contributed by atoms with van der Waals surface area (Å²) in [6.07, 6.45) is 5.18. The molecule has 2 heterocycles. The van der Waals surface area contributed by atoms with Gasteiger partial charge in [0.25, 0.3) is 0 Å². The zero-order valence-electron chi connectivity index (χ0n) is 15.4. The van der Waals surface area contributed by atoms with Crippen molar-refractivity contribution in [2.75, 3.05) is 25.0 Å². The molecule has 0 aliphatic carbocycles. The summed E-state index contributed by atoms with van der Waals surface area (Å²) in [4.78, 5) is 4.47. The first-order valence-electron chi connectivity index (χ1n) is 9.40. The van der Waals surface area contributed by atoms with Gasteiger partial charge >= 0.3 is 0 Å². The van der Waals surface area contributed by atoms with Crippen molar-refractivity contribution in [3.63, 3.8) is 0 Å². The van der Waals surface area contributed by atoms with Crippen LogP contribution in [0.3, 0.4) is 0 Å². The molecule has 26 heavy (non-hydrogen) atoms. The van der Waals surface area contributed by atoms with Gasteiger partial charge in [-0.15, -0.1) is 5.10 Å². The first-order chi connectivity index (χ1) is 12.8. The van der Waals surface area contributed by atoms with Crippen LogP contribution in [-0.2, 0) is 6.54 Å². The quantitative estimate of drug-likeness (QED) is 0.489. The molecule has 3 aromatic rings. The lowest BCUT2D eigenvalue weighted by molar-refractivity contribution is 0.655. The molecular weight excluding hydrogens is 324 g/mol. The molecule has 0 amide bonds. The predicted octanol–water partition coefficient (Wildman–Crippen LogP) is 3.05. The van der Waals surface area contributed by atoms with Gasteiger partial charge in [0.2, 0.25) is 0 Å². The number of nitrogens with two attached hydrogens (primary N) is 1. The highest BCUT2D eigenvalue weighted by Gasteiger charge is 2.08. The maximum Gasteiger partial charge on any atom is 0.154 e. The molecule has 0 fully saturated rings. The zero-order chi connectivity index (χ0) is 18.2. The first kappa shape index (κ1) is 18.4. The molecule has 0 atom stereocenters. The van der Waals surface area contributed by atoms with E-state index in [2.05, 4.69) is 46.8 Å². The number of unbranched alkanes of at least 4 members (excludes halogenated alkanes) is 1. The molecule has 138 valence electrons. The first-order valence-corrected chi connectivity index (χ1v) is 9.40. The highest BCUT2D eigenvalue weighted by molar-refractivity contribution is 5.63. The second-order valence-corrected chi connectivity index (χ2v) is 6.43. The van der Waals surface area contributed by atoms with Gasteiger partial charge in [0.15, 0.2) is 5.65 Å². The fraction of sp³-hybridized carbons (Fsp3) is 0.400. The smallest absolute Gasteiger partial charge is 0.154 e. The summed E-state index contributed by atoms with van der Waals surface area (Å²) in [6, 6.07) is 12.5. The molecule has 6 nitrogen and oxygen atoms in total. The number of nitrogens with zero attached hydrogens (tertiary/aromatic N) is 3. The number of imidazole rings is 1. The minimum Gasteiger partial charge on any atom is -0.369 e. The minimum absolute atomic E-state index is 0.725. The normalized spacial score (nSPS) is 11.2. The van der Waals surface area contributed by atoms with Crippen LogP contribution in [0.5, 0.6) is 0 Å². The molecule has 2 aromatic heterocycles. The van der Waals surface area contributed by atoms with E-state index >= 15 is 0 Å². The van der Waals surface area contributed by atoms with Crippen LogP contribution in [0.2, 0.25) is 0 Å². The van der Waals surface area contributed by atoms with Gasteiger partial charge in [-0.25, -0.2) is 9.50 Å². The molecule has 0 bridgehead atoms. The Kier molecular flexibility index (Phi) is 6.57. The van der Waals surface area contributed by atoms with Gasteiger partial charge < -0.3 is 16.4 Å². The Bertz CT molecular complexity index is 809. The van der Waals surface area contributed by atoms with Crippen LogP contribution in [0.1, 0.15) is 31.7 Å². The Morgan fingerprint density at radius 1 is 1.04 bits per heavy atom. The summed E-state index contributed by atoms with van der Waals surface area (Å²) >= 11 is 0. The van der Waals surface area contributed by atoms with Crippen LogP contribution >= 0.6 is 0 Å². The second kappa shape index (κ2) is 9.31. The third-order valence-corrected chi connectivity index (χ3v) is 4.34. The maximum atomic E-state index is 5.51. The molecule has 0 saturated heterocycles. The Morgan fingerprint density at radius 2 is 1.88 bits per heavy atom. The lowest BCUT2D eigenvalue weighted by atomic mass is 10.1. The Labute approximate surface area is 154 Å². The molecule has 0 aliphatic rings. The highest BCUT2D eigenvalue weighted by Crippen LogP contribution is 2.21. The van der Waals surface area contributed by atoms with Gasteiger partial charge in [-0.05, 0) is 43.6 Å². The van der Waals surface area contributed by atoms with E-state index in [0.29, 0.717) is 0 Å². The van der Waals surface area contributed by atoms with Crippen molar-refractivity contribution in [1.82, 2.24) is 19.9 Å². The van der Waals surface area contributed by atoms with Crippen molar-refractivity contribution < 1.29 is 0 Å². The average Bonchev–Trinajstić information content (AvgIpc) is 3.09. The fourth-order valence-corrected chi connectivity index (χ4v) is 2.81. The summed E-state index contributed by atoms with van der Waals surface area (Å²) < 4.78 is 1.91. The van der Waals surface area contributed by atoms with E-state index in [1.54, 1.807) is 0 Å². The van der Waals surface area contributed by atoms with E-state index in [1.807, 2.05) is 22.8 Å². The van der Waals surface area contributed by atoms with Gasteiger partial charge in [0.1, 0.15) is 5.82 Å². The molecule has 0 spiro atoms. The molecule has 4 N–H and O–H groups in total. The van der Waals surface area contributed by atoms with Gasteiger partial charge in [-0.3, -0.25) is 0 Å². The van der Waals surface area contributed by atoms with Gasteiger partial charge in [-0.1, -0.05) is 37.6 Å². The largest absolute Gasteiger partial charge is 0.369 e. The Morgan fingerprint density at radius 3 is 2.65 bits per heavy atom. The van der Waals surface area contributed by atoms with Crippen molar-refractivity contribution in [2.45, 2.75) is 32.7 Å². The van der Waals surface area contributed by atoms with Crippen molar-refractivity contribution in [2.24, 2.45) is 5.73 Å². The molecular formula is C20H28N6. The lowest BCUT2D eigenvalue weighted by Gasteiger charge is -2.07. The van der Waals surface area contributed by atoms with Crippen LogP contribution in [0.4, 0.5) is 5.82 Å². The third kappa shape index (κ3) is 4.59. The van der Waals surface area contributed by atoms with Crippen LogP contribution in [-0.4, -0.2) is 34.2 Å². The summed E-state index contributed by atoms with van der Waals surface area (Å²) in [5.74, 6) is 0.880. The van der Waals surface area contributed by atoms with E-state index in [-0.39, 0.29) is 0 Å². The summed E-state index contributed by atoms with van der Waals surface area (Å²) in [7, 11) is 0. The zero-order valence-corrected chi connectivity index (χ0v) is 15.4. The van der Waals surface area contributed by atoms with Crippen LogP contribution in [0, 0.1) is 0 Å². The van der Waals surface area contributed by atoms with E-state index < -0.39 is 0 Å². The summed E-state index contributed by atoms with van der Waals surface area (Å²) in [5, 5.41) is 11.5. The van der Waals surface area contributed by atoms with E-state index in [4.69, 9.17) is 10.8 Å².